The van der Waals surface area contributed by atoms with Crippen molar-refractivity contribution in [2.45, 2.75) is 5.16 Å². The summed E-state index contributed by atoms with van der Waals surface area (Å²) in [6.07, 6.45) is 0. The van der Waals surface area contributed by atoms with Gasteiger partial charge in [0.05, 0.1) is 28.8 Å². The molecule has 10 heteroatoms. The molecule has 0 saturated carbocycles. The number of halogens is 2. The number of nitrogens with zero attached hydrogens (tertiary/aromatic N) is 3. The number of carbonyl (C=O) groups is 1. The van der Waals surface area contributed by atoms with Crippen LogP contribution in [0.1, 0.15) is 0 Å². The zero-order valence-corrected chi connectivity index (χ0v) is 16.1. The van der Waals surface area contributed by atoms with Crippen LogP contribution in [0.2, 0.25) is 5.02 Å². The topological polar surface area (TPSA) is 92.8 Å². The number of ether oxygens (including phenoxy) is 1. The number of aromatic amines is 1. The second-order valence-electron chi connectivity index (χ2n) is 5.76. The van der Waals surface area contributed by atoms with Crippen LogP contribution in [0.4, 0.5) is 10.1 Å². The minimum atomic E-state index is -0.366. The number of H-pyrrole nitrogens is 1. The Morgan fingerprint density at radius 3 is 2.79 bits per heavy atom. The van der Waals surface area contributed by atoms with Gasteiger partial charge in [-0.3, -0.25) is 4.79 Å². The Kier molecular flexibility index (Phi) is 5.01. The van der Waals surface area contributed by atoms with E-state index < -0.39 is 0 Å². The zero-order chi connectivity index (χ0) is 19.7. The van der Waals surface area contributed by atoms with Gasteiger partial charge in [-0.2, -0.15) is 0 Å². The predicted octanol–water partition coefficient (Wildman–Crippen LogP) is 4.04. The standard InChI is InChI=1S/C18H13ClFN5O2S/c1-27-12-7-6-11(19)14-15(12)22-17-16(14)24-25-18(23-17)28-8-13(26)21-10-4-2-9(20)3-5-10/h2-7H,8H2,1H3,(H,21,26)(H,22,23,25). The summed E-state index contributed by atoms with van der Waals surface area (Å²) in [7, 11) is 1.56. The fourth-order valence-electron chi connectivity index (χ4n) is 2.69. The van der Waals surface area contributed by atoms with Gasteiger partial charge in [-0.1, -0.05) is 23.4 Å². The van der Waals surface area contributed by atoms with Crippen LogP contribution in [0.3, 0.4) is 0 Å². The number of fused-ring (bicyclic) bond motifs is 3. The number of amides is 1. The number of methoxy groups -OCH3 is 1. The molecule has 1 amide bonds. The van der Waals surface area contributed by atoms with Crippen LogP contribution in [0.5, 0.6) is 5.75 Å². The summed E-state index contributed by atoms with van der Waals surface area (Å²) in [6, 6.07) is 9.01. The highest BCUT2D eigenvalue weighted by Gasteiger charge is 2.16. The van der Waals surface area contributed by atoms with Crippen molar-refractivity contribution in [3.8, 4) is 5.75 Å². The monoisotopic (exact) mass is 417 g/mol. The van der Waals surface area contributed by atoms with E-state index in [-0.39, 0.29) is 17.5 Å². The molecule has 0 unspecified atom stereocenters. The van der Waals surface area contributed by atoms with Crippen LogP contribution in [0.25, 0.3) is 22.1 Å². The van der Waals surface area contributed by atoms with Gasteiger partial charge in [0.25, 0.3) is 0 Å². The lowest BCUT2D eigenvalue weighted by Gasteiger charge is -2.04. The van der Waals surface area contributed by atoms with Gasteiger partial charge >= 0.3 is 0 Å². The number of thioether (sulfide) groups is 1. The van der Waals surface area contributed by atoms with Gasteiger partial charge in [0.15, 0.2) is 5.65 Å². The van der Waals surface area contributed by atoms with E-state index in [1.807, 2.05) is 0 Å². The Bertz CT molecular complexity index is 1180. The summed E-state index contributed by atoms with van der Waals surface area (Å²) in [5.41, 5.74) is 2.22. The van der Waals surface area contributed by atoms with Crippen molar-refractivity contribution in [2.75, 3.05) is 18.2 Å². The van der Waals surface area contributed by atoms with Crippen molar-refractivity contribution in [2.24, 2.45) is 0 Å². The number of rotatable bonds is 5. The Balaban J connectivity index is 1.53. The first-order valence-corrected chi connectivity index (χ1v) is 9.48. The number of hydrogen-bond donors (Lipinski definition) is 2. The van der Waals surface area contributed by atoms with Crippen molar-refractivity contribution < 1.29 is 13.9 Å². The molecule has 0 aliphatic heterocycles. The van der Waals surface area contributed by atoms with E-state index in [0.717, 1.165) is 11.8 Å². The first-order valence-electron chi connectivity index (χ1n) is 8.12. The molecular weight excluding hydrogens is 405 g/mol. The van der Waals surface area contributed by atoms with Gasteiger partial charge in [0.2, 0.25) is 11.1 Å². The third-order valence-corrected chi connectivity index (χ3v) is 5.10. The van der Waals surface area contributed by atoms with E-state index in [2.05, 4.69) is 25.5 Å². The van der Waals surface area contributed by atoms with Gasteiger partial charge in [-0.05, 0) is 36.4 Å². The Morgan fingerprint density at radius 2 is 2.04 bits per heavy atom. The molecular formula is C18H13ClFN5O2S. The van der Waals surface area contributed by atoms with Crippen LogP contribution in [0, 0.1) is 5.82 Å². The lowest BCUT2D eigenvalue weighted by Crippen LogP contribution is -2.14. The van der Waals surface area contributed by atoms with E-state index in [9.17, 15) is 9.18 Å². The fraction of sp³-hybridized carbons (Fsp3) is 0.111. The summed E-state index contributed by atoms with van der Waals surface area (Å²) in [5, 5.41) is 12.5. The average Bonchev–Trinajstić information content (AvgIpc) is 3.08. The molecule has 0 fully saturated rings. The highest BCUT2D eigenvalue weighted by atomic mass is 35.5. The van der Waals surface area contributed by atoms with E-state index in [4.69, 9.17) is 16.3 Å². The average molecular weight is 418 g/mol. The first-order chi connectivity index (χ1) is 13.5. The maximum Gasteiger partial charge on any atom is 0.234 e. The quantitative estimate of drug-likeness (QED) is 0.476. The summed E-state index contributed by atoms with van der Waals surface area (Å²) < 4.78 is 18.2. The number of hydrogen-bond acceptors (Lipinski definition) is 6. The molecule has 2 aromatic carbocycles. The minimum absolute atomic E-state index is 0.0782. The maximum atomic E-state index is 12.9. The van der Waals surface area contributed by atoms with Crippen molar-refractivity contribution in [3.63, 3.8) is 0 Å². The van der Waals surface area contributed by atoms with Crippen molar-refractivity contribution in [1.82, 2.24) is 20.2 Å². The number of nitrogens with one attached hydrogen (secondary N) is 2. The lowest BCUT2D eigenvalue weighted by molar-refractivity contribution is -0.113. The number of aromatic nitrogens is 4. The van der Waals surface area contributed by atoms with Crippen LogP contribution >= 0.6 is 23.4 Å². The van der Waals surface area contributed by atoms with Gasteiger partial charge in [-0.15, -0.1) is 10.2 Å². The Labute approximate surface area is 167 Å². The summed E-state index contributed by atoms with van der Waals surface area (Å²) in [5.74, 6) is 0.0680. The van der Waals surface area contributed by atoms with Crippen molar-refractivity contribution in [1.29, 1.82) is 0 Å². The molecule has 0 aliphatic carbocycles. The Morgan fingerprint density at radius 1 is 1.25 bits per heavy atom. The summed E-state index contributed by atoms with van der Waals surface area (Å²) >= 11 is 7.42. The van der Waals surface area contributed by atoms with E-state index in [0.29, 0.717) is 43.7 Å². The van der Waals surface area contributed by atoms with Gasteiger partial charge < -0.3 is 15.0 Å². The fourth-order valence-corrected chi connectivity index (χ4v) is 3.52. The molecule has 0 radical (unpaired) electrons. The maximum absolute atomic E-state index is 12.9. The predicted molar refractivity (Wildman–Crippen MR) is 107 cm³/mol. The van der Waals surface area contributed by atoms with Crippen molar-refractivity contribution in [3.05, 3.63) is 47.2 Å². The number of benzene rings is 2. The smallest absolute Gasteiger partial charge is 0.234 e. The molecule has 28 heavy (non-hydrogen) atoms. The van der Waals surface area contributed by atoms with Gasteiger partial charge in [-0.25, -0.2) is 9.37 Å². The molecule has 4 rings (SSSR count). The van der Waals surface area contributed by atoms with Crippen LogP contribution in [-0.4, -0.2) is 38.9 Å². The highest BCUT2D eigenvalue weighted by Crippen LogP contribution is 2.35. The molecule has 4 aromatic rings. The molecule has 0 saturated heterocycles. The van der Waals surface area contributed by atoms with E-state index >= 15 is 0 Å². The van der Waals surface area contributed by atoms with Crippen LogP contribution < -0.4 is 10.1 Å². The summed E-state index contributed by atoms with van der Waals surface area (Å²) in [6.45, 7) is 0. The molecule has 7 nitrogen and oxygen atoms in total. The molecule has 2 heterocycles. The third kappa shape index (κ3) is 3.58. The first kappa shape index (κ1) is 18.5. The second kappa shape index (κ2) is 7.61. The molecule has 0 spiro atoms. The molecule has 0 atom stereocenters. The molecule has 2 aromatic heterocycles. The van der Waals surface area contributed by atoms with Crippen molar-refractivity contribution >= 4 is 57.0 Å². The van der Waals surface area contributed by atoms with Crippen LogP contribution in [0.15, 0.2) is 41.6 Å². The number of anilines is 1. The highest BCUT2D eigenvalue weighted by molar-refractivity contribution is 7.99. The largest absolute Gasteiger partial charge is 0.495 e. The second-order valence-corrected chi connectivity index (χ2v) is 7.11. The molecule has 0 aliphatic rings. The van der Waals surface area contributed by atoms with Gasteiger partial charge in [0.1, 0.15) is 17.1 Å². The van der Waals surface area contributed by atoms with E-state index in [1.54, 1.807) is 19.2 Å². The Hall–Kier alpha value is -2.91. The molecule has 142 valence electrons. The van der Waals surface area contributed by atoms with Crippen LogP contribution in [-0.2, 0) is 4.79 Å². The SMILES string of the molecule is COc1ccc(Cl)c2c1[nH]c1nc(SCC(=O)Nc3ccc(F)cc3)nnc12. The summed E-state index contributed by atoms with van der Waals surface area (Å²) in [4.78, 5) is 19.6. The normalized spacial score (nSPS) is 11.1. The molecule has 2 N–H and O–H groups in total. The number of carbonyl (C=O) groups excluding carboxylic acids is 1. The van der Waals surface area contributed by atoms with E-state index in [1.165, 1.54) is 24.3 Å². The molecule has 0 bridgehead atoms. The lowest BCUT2D eigenvalue weighted by atomic mass is 10.2. The third-order valence-electron chi connectivity index (χ3n) is 3.94. The minimum Gasteiger partial charge on any atom is -0.495 e. The van der Waals surface area contributed by atoms with Gasteiger partial charge in [0, 0.05) is 5.69 Å². The zero-order valence-electron chi connectivity index (χ0n) is 14.5.